The quantitative estimate of drug-likeness (QED) is 0.589. The molecular formula is C12H18NO4P. The molecule has 0 amide bonds. The molecule has 6 heteroatoms. The summed E-state index contributed by atoms with van der Waals surface area (Å²) in [6.07, 6.45) is 1.66. The van der Waals surface area contributed by atoms with Gasteiger partial charge in [0.2, 0.25) is 0 Å². The van der Waals surface area contributed by atoms with E-state index in [1.165, 1.54) is 26.4 Å². The largest absolute Gasteiger partial charge is 0.508 e. The van der Waals surface area contributed by atoms with Gasteiger partial charge >= 0.3 is 7.60 Å². The molecular weight excluding hydrogens is 253 g/mol. The highest BCUT2D eigenvalue weighted by Gasteiger charge is 2.34. The molecule has 2 N–H and O–H groups in total. The maximum Gasteiger partial charge on any atom is 0.351 e. The van der Waals surface area contributed by atoms with Crippen molar-refractivity contribution in [1.29, 1.82) is 0 Å². The lowest BCUT2D eigenvalue weighted by Crippen LogP contribution is -2.22. The van der Waals surface area contributed by atoms with Crippen molar-refractivity contribution < 1.29 is 18.7 Å². The SMILES string of the molecule is C=CCNC(c1ccc(O)cc1)P(=O)(OC)OC. The van der Waals surface area contributed by atoms with Gasteiger partial charge in [0.15, 0.2) is 0 Å². The van der Waals surface area contributed by atoms with E-state index in [-0.39, 0.29) is 5.75 Å². The Kier molecular flexibility index (Phi) is 5.56. The Hall–Kier alpha value is -1.13. The molecule has 0 saturated carbocycles. The zero-order valence-electron chi connectivity index (χ0n) is 10.5. The summed E-state index contributed by atoms with van der Waals surface area (Å²) in [6.45, 7) is 4.06. The first kappa shape index (κ1) is 14.9. The van der Waals surface area contributed by atoms with Crippen molar-refractivity contribution in [3.63, 3.8) is 0 Å². The standard InChI is InChI=1S/C12H18NO4P/c1-4-9-13-12(18(15,16-2)17-3)10-5-7-11(14)8-6-10/h4-8,12-14H,1,9H2,2-3H3. The zero-order valence-corrected chi connectivity index (χ0v) is 11.4. The molecule has 0 fully saturated rings. The van der Waals surface area contributed by atoms with Crippen LogP contribution in [0.5, 0.6) is 5.75 Å². The van der Waals surface area contributed by atoms with Crippen LogP contribution in [0.4, 0.5) is 0 Å². The molecule has 5 nitrogen and oxygen atoms in total. The van der Waals surface area contributed by atoms with Gasteiger partial charge in [-0.15, -0.1) is 6.58 Å². The van der Waals surface area contributed by atoms with Crippen molar-refractivity contribution in [2.75, 3.05) is 20.8 Å². The summed E-state index contributed by atoms with van der Waals surface area (Å²) < 4.78 is 22.4. The number of rotatable bonds is 7. The third kappa shape index (κ3) is 3.43. The average Bonchev–Trinajstić information content (AvgIpc) is 2.40. The van der Waals surface area contributed by atoms with Crippen molar-refractivity contribution in [3.8, 4) is 5.75 Å². The molecule has 0 aliphatic carbocycles. The summed E-state index contributed by atoms with van der Waals surface area (Å²) in [6, 6.07) is 6.38. The normalized spacial score (nSPS) is 13.2. The smallest absolute Gasteiger partial charge is 0.351 e. The fourth-order valence-corrected chi connectivity index (χ4v) is 2.99. The van der Waals surface area contributed by atoms with Gasteiger partial charge in [-0.3, -0.25) is 9.88 Å². The molecule has 18 heavy (non-hydrogen) atoms. The maximum absolute atomic E-state index is 12.4. The van der Waals surface area contributed by atoms with Gasteiger partial charge in [0.05, 0.1) is 0 Å². The van der Waals surface area contributed by atoms with Crippen molar-refractivity contribution in [3.05, 3.63) is 42.5 Å². The van der Waals surface area contributed by atoms with E-state index in [0.29, 0.717) is 12.1 Å². The van der Waals surface area contributed by atoms with Crippen molar-refractivity contribution in [2.45, 2.75) is 5.78 Å². The molecule has 0 spiro atoms. The van der Waals surface area contributed by atoms with E-state index in [9.17, 15) is 9.67 Å². The van der Waals surface area contributed by atoms with Gasteiger partial charge < -0.3 is 14.2 Å². The topological polar surface area (TPSA) is 67.8 Å². The minimum Gasteiger partial charge on any atom is -0.508 e. The highest BCUT2D eigenvalue weighted by molar-refractivity contribution is 7.54. The number of phenols is 1. The molecule has 0 aromatic heterocycles. The summed E-state index contributed by atoms with van der Waals surface area (Å²) in [5.74, 6) is -0.461. The second kappa shape index (κ2) is 6.71. The number of phenolic OH excluding ortho intramolecular Hbond substituents is 1. The van der Waals surface area contributed by atoms with Crippen LogP contribution >= 0.6 is 7.60 Å². The van der Waals surface area contributed by atoms with Gasteiger partial charge in [-0.2, -0.15) is 0 Å². The van der Waals surface area contributed by atoms with Crippen LogP contribution in [0.1, 0.15) is 11.3 Å². The first-order valence-electron chi connectivity index (χ1n) is 5.41. The molecule has 0 aliphatic rings. The Morgan fingerprint density at radius 1 is 1.39 bits per heavy atom. The van der Waals surface area contributed by atoms with Crippen LogP contribution in [0.15, 0.2) is 36.9 Å². The van der Waals surface area contributed by atoms with E-state index < -0.39 is 13.4 Å². The Balaban J connectivity index is 3.08. The third-order valence-corrected chi connectivity index (χ3v) is 4.62. The van der Waals surface area contributed by atoms with Crippen LogP contribution in [0.3, 0.4) is 0 Å². The van der Waals surface area contributed by atoms with E-state index in [1.807, 2.05) is 0 Å². The summed E-state index contributed by atoms with van der Waals surface area (Å²) in [4.78, 5) is 0. The fourth-order valence-electron chi connectivity index (χ4n) is 1.55. The molecule has 1 aromatic rings. The summed E-state index contributed by atoms with van der Waals surface area (Å²) in [7, 11) is -0.617. The minimum absolute atomic E-state index is 0.144. The zero-order chi connectivity index (χ0) is 13.6. The van der Waals surface area contributed by atoms with Gasteiger partial charge in [0.1, 0.15) is 11.5 Å². The van der Waals surface area contributed by atoms with E-state index in [4.69, 9.17) is 9.05 Å². The molecule has 100 valence electrons. The van der Waals surface area contributed by atoms with E-state index >= 15 is 0 Å². The molecule has 1 atom stereocenters. The predicted octanol–water partition coefficient (Wildman–Crippen LogP) is 2.65. The highest BCUT2D eigenvalue weighted by atomic mass is 31.2. The van der Waals surface area contributed by atoms with Gasteiger partial charge in [-0.25, -0.2) is 0 Å². The molecule has 1 aromatic carbocycles. The van der Waals surface area contributed by atoms with Gasteiger partial charge in [-0.05, 0) is 17.7 Å². The van der Waals surface area contributed by atoms with Crippen molar-refractivity contribution in [2.24, 2.45) is 0 Å². The first-order valence-corrected chi connectivity index (χ1v) is 7.03. The number of aromatic hydroxyl groups is 1. The Bertz CT molecular complexity index is 424. The lowest BCUT2D eigenvalue weighted by atomic mass is 10.2. The Morgan fingerprint density at radius 3 is 2.39 bits per heavy atom. The number of hydrogen-bond donors (Lipinski definition) is 2. The van der Waals surface area contributed by atoms with Crippen LogP contribution in [0, 0.1) is 0 Å². The van der Waals surface area contributed by atoms with Crippen LogP contribution in [0.25, 0.3) is 0 Å². The molecule has 0 saturated heterocycles. The van der Waals surface area contributed by atoms with Crippen LogP contribution < -0.4 is 5.32 Å². The molecule has 0 heterocycles. The van der Waals surface area contributed by atoms with E-state index in [0.717, 1.165) is 0 Å². The van der Waals surface area contributed by atoms with Gasteiger partial charge in [-0.1, -0.05) is 18.2 Å². The summed E-state index contributed by atoms with van der Waals surface area (Å²) >= 11 is 0. The summed E-state index contributed by atoms with van der Waals surface area (Å²) in [5.41, 5.74) is 0.710. The van der Waals surface area contributed by atoms with Crippen molar-refractivity contribution in [1.82, 2.24) is 5.32 Å². The van der Waals surface area contributed by atoms with E-state index in [2.05, 4.69) is 11.9 Å². The second-order valence-electron chi connectivity index (χ2n) is 3.60. The average molecular weight is 271 g/mol. The van der Waals surface area contributed by atoms with Crippen LogP contribution in [-0.4, -0.2) is 25.9 Å². The fraction of sp³-hybridized carbons (Fsp3) is 0.333. The number of nitrogens with one attached hydrogen (secondary N) is 1. The minimum atomic E-state index is -3.30. The second-order valence-corrected chi connectivity index (χ2v) is 5.92. The van der Waals surface area contributed by atoms with Gasteiger partial charge in [0.25, 0.3) is 0 Å². The maximum atomic E-state index is 12.4. The molecule has 1 unspecified atom stereocenters. The molecule has 0 bridgehead atoms. The Labute approximate surface area is 107 Å². The van der Waals surface area contributed by atoms with Gasteiger partial charge in [0, 0.05) is 20.8 Å². The predicted molar refractivity (Wildman–Crippen MR) is 70.7 cm³/mol. The molecule has 0 aliphatic heterocycles. The molecule has 1 rings (SSSR count). The lowest BCUT2D eigenvalue weighted by molar-refractivity contribution is 0.260. The first-order chi connectivity index (χ1) is 8.57. The molecule has 0 radical (unpaired) electrons. The lowest BCUT2D eigenvalue weighted by Gasteiger charge is -2.25. The number of hydrogen-bond acceptors (Lipinski definition) is 5. The number of benzene rings is 1. The van der Waals surface area contributed by atoms with Crippen molar-refractivity contribution >= 4 is 7.60 Å². The van der Waals surface area contributed by atoms with Crippen LogP contribution in [-0.2, 0) is 13.6 Å². The Morgan fingerprint density at radius 2 is 1.94 bits per heavy atom. The monoisotopic (exact) mass is 271 g/mol. The summed E-state index contributed by atoms with van der Waals surface area (Å²) in [5, 5.41) is 12.3. The highest BCUT2D eigenvalue weighted by Crippen LogP contribution is 2.58. The van der Waals surface area contributed by atoms with E-state index in [1.54, 1.807) is 18.2 Å². The third-order valence-electron chi connectivity index (χ3n) is 2.49. The van der Waals surface area contributed by atoms with Crippen LogP contribution in [0.2, 0.25) is 0 Å².